The predicted molar refractivity (Wildman–Crippen MR) is 162 cm³/mol. The summed E-state index contributed by atoms with van der Waals surface area (Å²) in [4.78, 5) is 15.9. The highest BCUT2D eigenvalue weighted by molar-refractivity contribution is 7.82. The van der Waals surface area contributed by atoms with Crippen LogP contribution in [0.15, 0.2) is 46.7 Å². The van der Waals surface area contributed by atoms with E-state index in [0.29, 0.717) is 34.3 Å². The Morgan fingerprint density at radius 3 is 2.60 bits per heavy atom. The molecule has 4 aromatic rings. The first-order valence-corrected chi connectivity index (χ1v) is 16.3. The summed E-state index contributed by atoms with van der Waals surface area (Å²) in [5.74, 6) is 4.68. The number of hydrogen-bond acceptors (Lipinski definition) is 6. The summed E-state index contributed by atoms with van der Waals surface area (Å²) < 4.78 is 43.2. The molecule has 2 fully saturated rings. The van der Waals surface area contributed by atoms with Crippen molar-refractivity contribution in [3.8, 4) is 28.2 Å². The number of piperidine rings is 1. The number of rotatable bonds is 8. The molecule has 1 aliphatic carbocycles. The number of aromatic nitrogens is 3. The third-order valence-corrected chi connectivity index (χ3v) is 9.44. The SMILES string of the molecule is N[SH+](=O)c1ccc(Cc2c(-c3ccc(F)c(C#CC4CCNCC4)c3)nn(-c3nc(C(=O)O)cs3)c2CC2CC2)cc1F. The maximum atomic E-state index is 15.0. The van der Waals surface area contributed by atoms with Crippen molar-refractivity contribution in [1.82, 2.24) is 20.1 Å². The summed E-state index contributed by atoms with van der Waals surface area (Å²) in [5.41, 5.74) is 3.64. The largest absolute Gasteiger partial charge is 0.476 e. The van der Waals surface area contributed by atoms with Gasteiger partial charge in [0.1, 0.15) is 5.82 Å². The van der Waals surface area contributed by atoms with Crippen LogP contribution in [0.25, 0.3) is 16.4 Å². The summed E-state index contributed by atoms with van der Waals surface area (Å²) in [6.45, 7) is 1.77. The number of benzene rings is 2. The fourth-order valence-corrected chi connectivity index (χ4v) is 6.55. The molecule has 2 aromatic carbocycles. The van der Waals surface area contributed by atoms with Gasteiger partial charge in [-0.1, -0.05) is 22.1 Å². The third kappa shape index (κ3) is 6.60. The molecule has 12 heteroatoms. The number of carboxylic acids is 1. The summed E-state index contributed by atoms with van der Waals surface area (Å²) >= 11 is 1.17. The van der Waals surface area contributed by atoms with E-state index in [0.717, 1.165) is 50.0 Å². The minimum Gasteiger partial charge on any atom is -0.476 e. The second-order valence-corrected chi connectivity index (χ2v) is 12.9. The van der Waals surface area contributed by atoms with Crippen LogP contribution >= 0.6 is 11.3 Å². The van der Waals surface area contributed by atoms with Crippen LogP contribution in [0.1, 0.15) is 58.6 Å². The van der Waals surface area contributed by atoms with E-state index in [1.807, 2.05) is 0 Å². The van der Waals surface area contributed by atoms with Gasteiger partial charge in [-0.2, -0.15) is 5.10 Å². The van der Waals surface area contributed by atoms with Crippen LogP contribution in [-0.4, -0.2) is 38.9 Å². The maximum absolute atomic E-state index is 15.0. The van der Waals surface area contributed by atoms with Gasteiger partial charge in [-0.15, -0.1) is 16.5 Å². The Morgan fingerprint density at radius 2 is 1.93 bits per heavy atom. The van der Waals surface area contributed by atoms with Gasteiger partial charge < -0.3 is 10.4 Å². The van der Waals surface area contributed by atoms with Crippen LogP contribution in [-0.2, 0) is 28.0 Å². The average molecular weight is 623 g/mol. The molecule has 43 heavy (non-hydrogen) atoms. The van der Waals surface area contributed by atoms with Crippen molar-refractivity contribution in [1.29, 1.82) is 0 Å². The van der Waals surface area contributed by atoms with Gasteiger partial charge in [0, 0.05) is 28.8 Å². The van der Waals surface area contributed by atoms with Crippen LogP contribution in [0.5, 0.6) is 0 Å². The van der Waals surface area contributed by atoms with Crippen LogP contribution < -0.4 is 10.5 Å². The fraction of sp³-hybridized carbons (Fsp3) is 0.323. The van der Waals surface area contributed by atoms with Gasteiger partial charge in [0.25, 0.3) is 0 Å². The molecule has 1 saturated heterocycles. The molecule has 1 aliphatic heterocycles. The first kappa shape index (κ1) is 29.3. The lowest BCUT2D eigenvalue weighted by Crippen LogP contribution is -2.26. The number of nitrogens with zero attached hydrogens (tertiary/aromatic N) is 3. The molecule has 8 nitrogen and oxygen atoms in total. The minimum absolute atomic E-state index is 0.0487. The lowest BCUT2D eigenvalue weighted by molar-refractivity contribution is 0.0691. The zero-order chi connectivity index (χ0) is 30.1. The van der Waals surface area contributed by atoms with Crippen LogP contribution in [0.3, 0.4) is 0 Å². The van der Waals surface area contributed by atoms with E-state index in [-0.39, 0.29) is 28.5 Å². The molecule has 4 N–H and O–H groups in total. The monoisotopic (exact) mass is 622 g/mol. The molecule has 1 atom stereocenters. The van der Waals surface area contributed by atoms with Crippen molar-refractivity contribution >= 4 is 28.3 Å². The van der Waals surface area contributed by atoms with E-state index in [2.05, 4.69) is 22.1 Å². The number of nitrogens with two attached hydrogens (primary N) is 1. The number of halogens is 2. The number of thiazole rings is 1. The molecule has 1 unspecified atom stereocenters. The highest BCUT2D eigenvalue weighted by Crippen LogP contribution is 2.38. The topological polar surface area (TPSA) is 123 Å². The quantitative estimate of drug-likeness (QED) is 0.148. The fourth-order valence-electron chi connectivity index (χ4n) is 5.28. The van der Waals surface area contributed by atoms with Gasteiger partial charge >= 0.3 is 5.97 Å². The summed E-state index contributed by atoms with van der Waals surface area (Å²) in [7, 11) is -2.33. The highest BCUT2D eigenvalue weighted by Gasteiger charge is 2.30. The molecule has 3 heterocycles. The zero-order valence-corrected chi connectivity index (χ0v) is 24.9. The summed E-state index contributed by atoms with van der Waals surface area (Å²) in [5, 5.41) is 25.0. The Bertz CT molecular complexity index is 1780. The summed E-state index contributed by atoms with van der Waals surface area (Å²) in [6, 6.07) is 9.16. The van der Waals surface area contributed by atoms with Crippen molar-refractivity contribution in [3.05, 3.63) is 81.5 Å². The van der Waals surface area contributed by atoms with E-state index >= 15 is 0 Å². The number of hydrogen-bond donors (Lipinski definition) is 3. The van der Waals surface area contributed by atoms with Crippen LogP contribution in [0, 0.1) is 35.3 Å². The molecule has 2 aliphatic rings. The van der Waals surface area contributed by atoms with Crippen molar-refractivity contribution in [2.24, 2.45) is 17.0 Å². The maximum Gasteiger partial charge on any atom is 0.355 e. The Morgan fingerprint density at radius 1 is 1.14 bits per heavy atom. The zero-order valence-electron chi connectivity index (χ0n) is 23.1. The van der Waals surface area contributed by atoms with Gasteiger partial charge in [-0.25, -0.2) is 23.2 Å². The van der Waals surface area contributed by atoms with E-state index in [9.17, 15) is 22.9 Å². The molecule has 0 spiro atoms. The van der Waals surface area contributed by atoms with Gasteiger partial charge in [0.2, 0.25) is 10.0 Å². The third-order valence-electron chi connectivity index (χ3n) is 7.78. The number of aromatic carboxylic acids is 1. The Hall–Kier alpha value is -3.76. The van der Waals surface area contributed by atoms with E-state index in [1.54, 1.807) is 22.9 Å². The molecule has 0 radical (unpaired) electrons. The van der Waals surface area contributed by atoms with Crippen molar-refractivity contribution in [2.45, 2.75) is 43.4 Å². The molecule has 2 aromatic heterocycles. The highest BCUT2D eigenvalue weighted by atomic mass is 32.2. The first-order chi connectivity index (χ1) is 20.8. The van der Waals surface area contributed by atoms with Crippen molar-refractivity contribution < 1.29 is 22.9 Å². The Balaban J connectivity index is 1.48. The molecule has 6 rings (SSSR count). The normalized spacial score (nSPS) is 16.1. The van der Waals surface area contributed by atoms with Crippen molar-refractivity contribution in [2.75, 3.05) is 13.1 Å². The second kappa shape index (κ2) is 12.5. The lowest BCUT2D eigenvalue weighted by atomic mass is 9.95. The average Bonchev–Trinajstić information content (AvgIpc) is 3.55. The molecular weight excluding hydrogens is 593 g/mol. The van der Waals surface area contributed by atoms with E-state index in [4.69, 9.17) is 10.2 Å². The lowest BCUT2D eigenvalue weighted by Gasteiger charge is -2.17. The number of carboxylic acid groups (broad SMARTS) is 1. The van der Waals surface area contributed by atoms with E-state index < -0.39 is 28.6 Å². The Kier molecular flexibility index (Phi) is 8.50. The number of thiol groups is 1. The molecule has 0 bridgehead atoms. The van der Waals surface area contributed by atoms with Gasteiger partial charge in [0.05, 0.1) is 17.0 Å². The molecule has 222 valence electrons. The summed E-state index contributed by atoms with van der Waals surface area (Å²) in [6.07, 6.45) is 4.88. The smallest absolute Gasteiger partial charge is 0.355 e. The number of carbonyl (C=O) groups is 1. The number of nitrogens with one attached hydrogen (secondary N) is 1. The Labute approximate surface area is 253 Å². The second-order valence-electron chi connectivity index (χ2n) is 10.9. The van der Waals surface area contributed by atoms with Crippen LogP contribution in [0.4, 0.5) is 8.78 Å². The molecule has 1 saturated carbocycles. The van der Waals surface area contributed by atoms with Gasteiger partial charge in [0.15, 0.2) is 22.5 Å². The molecular formula is C31H30F2N5O3S2+. The van der Waals surface area contributed by atoms with Crippen molar-refractivity contribution in [3.63, 3.8) is 0 Å². The molecule has 0 amide bonds. The standard InChI is InChI=1S/C31H29F2N5O3S2/c32-24-7-6-22(16-21(24)5-3-18-9-11-35-12-10-18)29-23(13-20-4-8-28(43(34)41)25(33)14-20)27(15-19-1-2-19)38(37-29)31-36-26(17-42-31)30(39)40/h4,6-8,14,16-19,35H,1-2,9-13,15H2,(H2,34,41)(H,39,40)/p+1. The predicted octanol–water partition coefficient (Wildman–Crippen LogP) is 4.80. The van der Waals surface area contributed by atoms with Crippen LogP contribution in [0.2, 0.25) is 0 Å². The van der Waals surface area contributed by atoms with Gasteiger partial charge in [-0.05, 0) is 87.0 Å². The van der Waals surface area contributed by atoms with Gasteiger partial charge in [-0.3, -0.25) is 0 Å². The minimum atomic E-state index is -2.33. The first-order valence-electron chi connectivity index (χ1n) is 14.1. The van der Waals surface area contributed by atoms with E-state index in [1.165, 1.54) is 34.9 Å².